The van der Waals surface area contributed by atoms with E-state index in [1.165, 1.54) is 0 Å². The molecule has 0 aliphatic carbocycles. The average Bonchev–Trinajstić information content (AvgIpc) is 2.43. The highest BCUT2D eigenvalue weighted by Crippen LogP contribution is 2.31. The molecule has 0 aromatic heterocycles. The molecule has 1 heterocycles. The molecule has 1 aliphatic heterocycles. The Bertz CT molecular complexity index is 568. The summed E-state index contributed by atoms with van der Waals surface area (Å²) in [6.07, 6.45) is -1.48. The number of ether oxygens (including phenoxy) is 1. The topological polar surface area (TPSA) is 66.8 Å². The van der Waals surface area contributed by atoms with Crippen LogP contribution in [0, 0.1) is 17.5 Å². The Morgan fingerprint density at radius 1 is 1.38 bits per heavy atom. The number of halogens is 3. The second-order valence-electron chi connectivity index (χ2n) is 4.49. The fourth-order valence-electron chi connectivity index (χ4n) is 2.33. The summed E-state index contributed by atoms with van der Waals surface area (Å²) in [7, 11) is 0. The van der Waals surface area contributed by atoms with Crippen LogP contribution in [-0.4, -0.2) is 41.1 Å². The number of aliphatic carboxylic acids is 1. The van der Waals surface area contributed by atoms with Crippen LogP contribution < -0.4 is 0 Å². The van der Waals surface area contributed by atoms with Crippen LogP contribution in [0.3, 0.4) is 0 Å². The van der Waals surface area contributed by atoms with Crippen LogP contribution in [0.4, 0.5) is 13.2 Å². The lowest BCUT2D eigenvalue weighted by Crippen LogP contribution is -2.51. The molecule has 0 radical (unpaired) electrons. The number of hydrogen-bond donors (Lipinski definition) is 1. The summed E-state index contributed by atoms with van der Waals surface area (Å²) in [5.41, 5.74) is -0.172. The van der Waals surface area contributed by atoms with Crippen LogP contribution in [0.5, 0.6) is 0 Å². The molecule has 8 heteroatoms. The van der Waals surface area contributed by atoms with E-state index in [-0.39, 0.29) is 12.1 Å². The van der Waals surface area contributed by atoms with E-state index >= 15 is 0 Å². The van der Waals surface area contributed by atoms with Gasteiger partial charge in [-0.3, -0.25) is 4.79 Å². The van der Waals surface area contributed by atoms with Crippen molar-refractivity contribution < 1.29 is 32.6 Å². The molecule has 21 heavy (non-hydrogen) atoms. The van der Waals surface area contributed by atoms with Crippen molar-refractivity contribution >= 4 is 11.9 Å². The highest BCUT2D eigenvalue weighted by Gasteiger charge is 2.41. The third kappa shape index (κ3) is 2.71. The van der Waals surface area contributed by atoms with Crippen molar-refractivity contribution in [2.75, 3.05) is 13.2 Å². The first kappa shape index (κ1) is 15.3. The SMILES string of the molecule is CCN1C(=O)COC(C(=O)O)C1c1cc(F)c(F)c(F)c1. The van der Waals surface area contributed by atoms with E-state index < -0.39 is 48.1 Å². The maximum Gasteiger partial charge on any atom is 0.335 e. The Balaban J connectivity index is 2.53. The van der Waals surface area contributed by atoms with E-state index in [0.717, 1.165) is 4.90 Å². The highest BCUT2D eigenvalue weighted by atomic mass is 19.2. The summed E-state index contributed by atoms with van der Waals surface area (Å²) in [5, 5.41) is 9.14. The van der Waals surface area contributed by atoms with Gasteiger partial charge in [-0.2, -0.15) is 0 Å². The Kier molecular flexibility index (Phi) is 4.17. The number of amides is 1. The van der Waals surface area contributed by atoms with Crippen LogP contribution in [0.2, 0.25) is 0 Å². The molecule has 2 atom stereocenters. The van der Waals surface area contributed by atoms with E-state index in [2.05, 4.69) is 0 Å². The Morgan fingerprint density at radius 2 is 1.95 bits per heavy atom. The quantitative estimate of drug-likeness (QED) is 0.859. The highest BCUT2D eigenvalue weighted by molar-refractivity contribution is 5.83. The standard InChI is InChI=1S/C13H12F3NO4/c1-2-17-9(18)5-21-12(13(19)20)11(17)6-3-7(14)10(16)8(15)4-6/h3-4,11-12H,2,5H2,1H3,(H,19,20). The summed E-state index contributed by atoms with van der Waals surface area (Å²) in [6.45, 7) is 1.27. The molecule has 1 aromatic carbocycles. The van der Waals surface area contributed by atoms with Gasteiger partial charge in [0, 0.05) is 6.54 Å². The number of rotatable bonds is 3. The molecule has 1 fully saturated rings. The van der Waals surface area contributed by atoms with Crippen molar-refractivity contribution in [3.8, 4) is 0 Å². The number of carbonyl (C=O) groups excluding carboxylic acids is 1. The van der Waals surface area contributed by atoms with Gasteiger partial charge in [-0.05, 0) is 24.6 Å². The van der Waals surface area contributed by atoms with Crippen LogP contribution in [-0.2, 0) is 14.3 Å². The maximum atomic E-state index is 13.3. The zero-order chi connectivity index (χ0) is 15.7. The van der Waals surface area contributed by atoms with Crippen molar-refractivity contribution in [1.29, 1.82) is 0 Å². The van der Waals surface area contributed by atoms with E-state index in [1.54, 1.807) is 6.92 Å². The molecule has 1 amide bonds. The fraction of sp³-hybridized carbons (Fsp3) is 0.385. The minimum atomic E-state index is -1.66. The van der Waals surface area contributed by atoms with Crippen LogP contribution in [0.1, 0.15) is 18.5 Å². The molecule has 2 rings (SSSR count). The van der Waals surface area contributed by atoms with Crippen molar-refractivity contribution in [2.45, 2.75) is 19.1 Å². The number of benzene rings is 1. The molecule has 1 aliphatic rings. The lowest BCUT2D eigenvalue weighted by molar-refractivity contribution is -0.172. The van der Waals surface area contributed by atoms with Crippen LogP contribution in [0.15, 0.2) is 12.1 Å². The second-order valence-corrected chi connectivity index (χ2v) is 4.49. The number of nitrogens with zero attached hydrogens (tertiary/aromatic N) is 1. The predicted molar refractivity (Wildman–Crippen MR) is 63.8 cm³/mol. The minimum Gasteiger partial charge on any atom is -0.479 e. The van der Waals surface area contributed by atoms with Gasteiger partial charge in [0.15, 0.2) is 23.6 Å². The molecule has 1 saturated heterocycles. The molecule has 1 aromatic rings. The lowest BCUT2D eigenvalue weighted by atomic mass is 9.97. The average molecular weight is 303 g/mol. The maximum absolute atomic E-state index is 13.3. The molecule has 0 spiro atoms. The van der Waals surface area contributed by atoms with Crippen molar-refractivity contribution in [2.24, 2.45) is 0 Å². The smallest absolute Gasteiger partial charge is 0.335 e. The molecule has 2 unspecified atom stereocenters. The first-order chi connectivity index (χ1) is 9.86. The van der Waals surface area contributed by atoms with Crippen LogP contribution >= 0.6 is 0 Å². The first-order valence-electron chi connectivity index (χ1n) is 6.15. The largest absolute Gasteiger partial charge is 0.479 e. The number of hydrogen-bond acceptors (Lipinski definition) is 3. The normalized spacial score (nSPS) is 22.5. The zero-order valence-corrected chi connectivity index (χ0v) is 11.0. The first-order valence-corrected chi connectivity index (χ1v) is 6.15. The monoisotopic (exact) mass is 303 g/mol. The van der Waals surface area contributed by atoms with Crippen molar-refractivity contribution in [3.05, 3.63) is 35.1 Å². The Morgan fingerprint density at radius 3 is 2.43 bits per heavy atom. The lowest BCUT2D eigenvalue weighted by Gasteiger charge is -2.38. The number of carboxylic acids is 1. The Labute approximate surface area is 117 Å². The molecule has 0 bridgehead atoms. The summed E-state index contributed by atoms with van der Waals surface area (Å²) < 4.78 is 44.6. The van der Waals surface area contributed by atoms with E-state index in [9.17, 15) is 22.8 Å². The summed E-state index contributed by atoms with van der Waals surface area (Å²) in [5.74, 6) is -6.45. The molecule has 1 N–H and O–H groups in total. The number of morpholine rings is 1. The summed E-state index contributed by atoms with van der Waals surface area (Å²) >= 11 is 0. The summed E-state index contributed by atoms with van der Waals surface area (Å²) in [6, 6.07) is 0.117. The number of likely N-dealkylation sites (N-methyl/N-ethyl adjacent to an activating group) is 1. The van der Waals surface area contributed by atoms with Gasteiger partial charge in [-0.1, -0.05) is 0 Å². The fourth-order valence-corrected chi connectivity index (χ4v) is 2.33. The van der Waals surface area contributed by atoms with E-state index in [4.69, 9.17) is 9.84 Å². The van der Waals surface area contributed by atoms with Gasteiger partial charge >= 0.3 is 5.97 Å². The van der Waals surface area contributed by atoms with Crippen molar-refractivity contribution in [3.63, 3.8) is 0 Å². The molecular formula is C13H12F3NO4. The van der Waals surface area contributed by atoms with Crippen molar-refractivity contribution in [1.82, 2.24) is 4.90 Å². The van der Waals surface area contributed by atoms with Gasteiger partial charge < -0.3 is 14.7 Å². The zero-order valence-electron chi connectivity index (χ0n) is 11.0. The third-order valence-electron chi connectivity index (χ3n) is 3.26. The Hall–Kier alpha value is -2.09. The van der Waals surface area contributed by atoms with Gasteiger partial charge in [-0.25, -0.2) is 18.0 Å². The minimum absolute atomic E-state index is 0.122. The summed E-state index contributed by atoms with van der Waals surface area (Å²) in [4.78, 5) is 24.1. The second kappa shape index (κ2) is 5.72. The van der Waals surface area contributed by atoms with Gasteiger partial charge in [0.25, 0.3) is 0 Å². The molecular weight excluding hydrogens is 291 g/mol. The van der Waals surface area contributed by atoms with Crippen LogP contribution in [0.25, 0.3) is 0 Å². The van der Waals surface area contributed by atoms with Gasteiger partial charge in [0.05, 0.1) is 6.04 Å². The number of carbonyl (C=O) groups is 2. The number of carboxylic acid groups (broad SMARTS) is 1. The van der Waals surface area contributed by atoms with Gasteiger partial charge in [-0.15, -0.1) is 0 Å². The van der Waals surface area contributed by atoms with E-state index in [1.807, 2.05) is 0 Å². The van der Waals surface area contributed by atoms with Gasteiger partial charge in [0.1, 0.15) is 6.61 Å². The third-order valence-corrected chi connectivity index (χ3v) is 3.26. The van der Waals surface area contributed by atoms with Gasteiger partial charge in [0.2, 0.25) is 5.91 Å². The molecule has 0 saturated carbocycles. The predicted octanol–water partition coefficient (Wildman–Crippen LogP) is 1.48. The molecule has 5 nitrogen and oxygen atoms in total. The van der Waals surface area contributed by atoms with E-state index in [0.29, 0.717) is 12.1 Å². The molecule has 114 valence electrons.